The average Bonchev–Trinajstić information content (AvgIpc) is 2.71. The zero-order valence-corrected chi connectivity index (χ0v) is 16.7. The van der Waals surface area contributed by atoms with E-state index in [-0.39, 0.29) is 18.9 Å². The molecule has 1 fully saturated rings. The van der Waals surface area contributed by atoms with Gasteiger partial charge in [0, 0.05) is 31.5 Å². The predicted molar refractivity (Wildman–Crippen MR) is 108 cm³/mol. The van der Waals surface area contributed by atoms with Crippen molar-refractivity contribution in [3.05, 3.63) is 65.2 Å². The predicted octanol–water partition coefficient (Wildman–Crippen LogP) is 4.11. The van der Waals surface area contributed by atoms with Gasteiger partial charge in [0.2, 0.25) is 0 Å². The molecule has 0 radical (unpaired) electrons. The summed E-state index contributed by atoms with van der Waals surface area (Å²) in [5.74, 6) is -2.09. The fourth-order valence-corrected chi connectivity index (χ4v) is 4.13. The van der Waals surface area contributed by atoms with Crippen LogP contribution in [-0.4, -0.2) is 47.8 Å². The van der Waals surface area contributed by atoms with Crippen molar-refractivity contribution >= 4 is 11.5 Å². The highest BCUT2D eigenvalue weighted by Gasteiger charge is 2.39. The van der Waals surface area contributed by atoms with Gasteiger partial charge in [-0.05, 0) is 42.3 Å². The van der Waals surface area contributed by atoms with Crippen molar-refractivity contribution in [3.63, 3.8) is 0 Å². The first kappa shape index (κ1) is 20.3. The van der Waals surface area contributed by atoms with Crippen LogP contribution in [-0.2, 0) is 4.79 Å². The van der Waals surface area contributed by atoms with Gasteiger partial charge in [0.1, 0.15) is 11.4 Å². The molecule has 5 nitrogen and oxygen atoms in total. The summed E-state index contributed by atoms with van der Waals surface area (Å²) >= 11 is 0. The first-order valence-corrected chi connectivity index (χ1v) is 9.98. The monoisotopic (exact) mass is 415 g/mol. The van der Waals surface area contributed by atoms with E-state index < -0.39 is 23.2 Å². The van der Waals surface area contributed by atoms with Gasteiger partial charge < -0.3 is 14.6 Å². The zero-order valence-electron chi connectivity index (χ0n) is 16.7. The minimum atomic E-state index is -0.863. The van der Waals surface area contributed by atoms with Crippen molar-refractivity contribution in [1.82, 2.24) is 4.90 Å². The zero-order chi connectivity index (χ0) is 21.3. The summed E-state index contributed by atoms with van der Waals surface area (Å²) in [6, 6.07) is 9.98. The van der Waals surface area contributed by atoms with Crippen LogP contribution in [0.2, 0.25) is 0 Å². The molecule has 0 amide bonds. The quantitative estimate of drug-likeness (QED) is 0.797. The Hall–Kier alpha value is -2.93. The normalized spacial score (nSPS) is 17.8. The van der Waals surface area contributed by atoms with E-state index in [0.29, 0.717) is 42.8 Å². The summed E-state index contributed by atoms with van der Waals surface area (Å²) in [4.78, 5) is 12.9. The molecule has 0 aromatic heterocycles. The number of aliphatic carboxylic acids is 1. The molecule has 0 bridgehead atoms. The smallest absolute Gasteiger partial charge is 0.317 e. The second-order valence-corrected chi connectivity index (χ2v) is 7.59. The minimum absolute atomic E-state index is 0.0153. The molecule has 0 saturated carbocycles. The van der Waals surface area contributed by atoms with Gasteiger partial charge in [0.15, 0.2) is 17.4 Å². The van der Waals surface area contributed by atoms with E-state index in [4.69, 9.17) is 14.6 Å². The van der Waals surface area contributed by atoms with Gasteiger partial charge >= 0.3 is 5.97 Å². The molecule has 2 aliphatic heterocycles. The standard InChI is InChI=1S/C23H23F2NO4/c1-2-29-22-18(24)11-15(12-19(22)25)17-13-23(30-20-6-4-3-5-16(17)20)7-9-26(10-8-23)14-21(27)28/h3-6,11-13H,2,7-10,14H2,1H3,(H,27,28). The number of carbonyl (C=O) groups is 1. The number of carboxylic acids is 1. The van der Waals surface area contributed by atoms with E-state index in [1.165, 1.54) is 12.1 Å². The molecule has 2 aromatic carbocycles. The van der Waals surface area contributed by atoms with E-state index in [9.17, 15) is 13.6 Å². The number of rotatable bonds is 5. The molecule has 0 atom stereocenters. The molecule has 1 N–H and O–H groups in total. The Morgan fingerprint density at radius 3 is 2.50 bits per heavy atom. The maximum Gasteiger partial charge on any atom is 0.317 e. The molecule has 30 heavy (non-hydrogen) atoms. The van der Waals surface area contributed by atoms with Crippen molar-refractivity contribution in [1.29, 1.82) is 0 Å². The molecule has 2 aromatic rings. The molecule has 0 unspecified atom stereocenters. The van der Waals surface area contributed by atoms with Gasteiger partial charge in [-0.1, -0.05) is 18.2 Å². The van der Waals surface area contributed by atoms with Crippen LogP contribution in [0.15, 0.2) is 42.5 Å². The lowest BCUT2D eigenvalue weighted by atomic mass is 9.83. The van der Waals surface area contributed by atoms with Crippen molar-refractivity contribution in [2.75, 3.05) is 26.2 Å². The Balaban J connectivity index is 1.73. The first-order chi connectivity index (χ1) is 14.4. The van der Waals surface area contributed by atoms with Crippen LogP contribution in [0.4, 0.5) is 8.78 Å². The van der Waals surface area contributed by atoms with Crippen molar-refractivity contribution < 1.29 is 28.2 Å². The maximum atomic E-state index is 14.5. The van der Waals surface area contributed by atoms with Gasteiger partial charge in [-0.15, -0.1) is 0 Å². The second-order valence-electron chi connectivity index (χ2n) is 7.59. The fraction of sp³-hybridized carbons (Fsp3) is 0.348. The van der Waals surface area contributed by atoms with Crippen LogP contribution in [0.1, 0.15) is 30.9 Å². The number of hydrogen-bond donors (Lipinski definition) is 1. The van der Waals surface area contributed by atoms with Crippen molar-refractivity contribution in [2.24, 2.45) is 0 Å². The van der Waals surface area contributed by atoms with Gasteiger partial charge in [-0.2, -0.15) is 0 Å². The molecule has 1 spiro atoms. The highest BCUT2D eigenvalue weighted by molar-refractivity contribution is 5.85. The Morgan fingerprint density at radius 1 is 1.20 bits per heavy atom. The number of hydrogen-bond acceptors (Lipinski definition) is 4. The summed E-state index contributed by atoms with van der Waals surface area (Å²) < 4.78 is 40.5. The number of likely N-dealkylation sites (tertiary alicyclic amines) is 1. The van der Waals surface area contributed by atoms with Gasteiger partial charge in [-0.25, -0.2) is 8.78 Å². The number of para-hydroxylation sites is 1. The third-order valence-electron chi connectivity index (χ3n) is 5.56. The third-order valence-corrected chi connectivity index (χ3v) is 5.56. The van der Waals surface area contributed by atoms with Crippen LogP contribution in [0.25, 0.3) is 5.57 Å². The Morgan fingerprint density at radius 2 is 1.87 bits per heavy atom. The average molecular weight is 415 g/mol. The minimum Gasteiger partial charge on any atom is -0.488 e. The number of halogens is 2. The molecule has 0 aliphatic carbocycles. The summed E-state index contributed by atoms with van der Waals surface area (Å²) in [6.07, 6.45) is 3.10. The lowest BCUT2D eigenvalue weighted by Gasteiger charge is -2.42. The molecule has 4 rings (SSSR count). The lowest BCUT2D eigenvalue weighted by Crippen LogP contribution is -2.49. The van der Waals surface area contributed by atoms with Gasteiger partial charge in [0.05, 0.1) is 13.2 Å². The second kappa shape index (κ2) is 8.07. The lowest BCUT2D eigenvalue weighted by molar-refractivity contribution is -0.139. The molecule has 2 heterocycles. The van der Waals surface area contributed by atoms with E-state index in [1.807, 2.05) is 35.2 Å². The van der Waals surface area contributed by atoms with E-state index in [2.05, 4.69) is 0 Å². The van der Waals surface area contributed by atoms with Crippen LogP contribution < -0.4 is 9.47 Å². The maximum absolute atomic E-state index is 14.5. The SMILES string of the molecule is CCOc1c(F)cc(C2=CC3(CCN(CC(=O)O)CC3)Oc3ccccc32)cc1F. The Bertz CT molecular complexity index is 973. The molecular formula is C23H23F2NO4. The van der Waals surface area contributed by atoms with Crippen LogP contribution in [0, 0.1) is 11.6 Å². The summed E-state index contributed by atoms with van der Waals surface area (Å²) in [5.41, 5.74) is 1.23. The molecule has 7 heteroatoms. The number of piperidine rings is 1. The van der Waals surface area contributed by atoms with Crippen molar-refractivity contribution in [2.45, 2.75) is 25.4 Å². The molecular weight excluding hydrogens is 392 g/mol. The van der Waals surface area contributed by atoms with E-state index >= 15 is 0 Å². The highest BCUT2D eigenvalue weighted by Crippen LogP contribution is 2.44. The van der Waals surface area contributed by atoms with Crippen LogP contribution >= 0.6 is 0 Å². The first-order valence-electron chi connectivity index (χ1n) is 9.98. The van der Waals surface area contributed by atoms with Gasteiger partial charge in [0.25, 0.3) is 0 Å². The number of nitrogens with zero attached hydrogens (tertiary/aromatic N) is 1. The molecule has 2 aliphatic rings. The van der Waals surface area contributed by atoms with Gasteiger partial charge in [-0.3, -0.25) is 9.69 Å². The number of ether oxygens (including phenoxy) is 2. The number of fused-ring (bicyclic) bond motifs is 1. The Labute approximate surface area is 173 Å². The molecule has 1 saturated heterocycles. The van der Waals surface area contributed by atoms with Crippen LogP contribution in [0.5, 0.6) is 11.5 Å². The number of carboxylic acid groups (broad SMARTS) is 1. The summed E-state index contributed by atoms with van der Waals surface area (Å²) in [5, 5.41) is 9.03. The highest BCUT2D eigenvalue weighted by atomic mass is 19.1. The van der Waals surface area contributed by atoms with Crippen molar-refractivity contribution in [3.8, 4) is 11.5 Å². The third kappa shape index (κ3) is 3.89. The van der Waals surface area contributed by atoms with Crippen LogP contribution in [0.3, 0.4) is 0 Å². The Kier molecular flexibility index (Phi) is 5.47. The summed E-state index contributed by atoms with van der Waals surface area (Å²) in [7, 11) is 0. The van der Waals surface area contributed by atoms with E-state index in [0.717, 1.165) is 5.56 Å². The summed E-state index contributed by atoms with van der Waals surface area (Å²) in [6.45, 7) is 2.94. The largest absolute Gasteiger partial charge is 0.488 e. The topological polar surface area (TPSA) is 59.0 Å². The fourth-order valence-electron chi connectivity index (χ4n) is 4.13. The molecule has 158 valence electrons. The van der Waals surface area contributed by atoms with E-state index in [1.54, 1.807) is 6.92 Å². The number of benzene rings is 2.